The molecule has 2 heteroatoms. The minimum atomic E-state index is 1.06. The Morgan fingerprint density at radius 3 is 2.55 bits per heavy atom. The van der Waals surface area contributed by atoms with Crippen molar-refractivity contribution in [3.05, 3.63) is 12.2 Å². The van der Waals surface area contributed by atoms with Crippen LogP contribution in [0.15, 0.2) is 12.2 Å². The Hall–Kier alpha value is -0.340. The summed E-state index contributed by atoms with van der Waals surface area (Å²) in [6, 6.07) is 0. The van der Waals surface area contributed by atoms with Gasteiger partial charge in [0.1, 0.15) is 0 Å². The van der Waals surface area contributed by atoms with Crippen molar-refractivity contribution in [3.8, 4) is 0 Å². The van der Waals surface area contributed by atoms with E-state index in [-0.39, 0.29) is 0 Å². The number of hydrogen-bond donors (Lipinski definition) is 1. The highest BCUT2D eigenvalue weighted by Crippen LogP contribution is 1.96. The quantitative estimate of drug-likeness (QED) is 0.579. The summed E-state index contributed by atoms with van der Waals surface area (Å²) in [5.41, 5.74) is 1.27. The predicted octanol–water partition coefficient (Wildman–Crippen LogP) is 1.10. The summed E-state index contributed by atoms with van der Waals surface area (Å²) in [5.74, 6) is 0. The third kappa shape index (κ3) is 7.56. The van der Waals surface area contributed by atoms with Crippen LogP contribution < -0.4 is 5.32 Å². The van der Waals surface area contributed by atoms with Gasteiger partial charge in [-0.25, -0.2) is 0 Å². The molecule has 0 rings (SSSR count). The van der Waals surface area contributed by atoms with E-state index in [1.807, 2.05) is 7.05 Å². The molecule has 2 nitrogen and oxygen atoms in total. The molecule has 0 spiro atoms. The molecule has 0 fully saturated rings. The highest BCUT2D eigenvalue weighted by molar-refractivity contribution is 4.88. The van der Waals surface area contributed by atoms with Crippen LogP contribution >= 0.6 is 0 Å². The van der Waals surface area contributed by atoms with Crippen molar-refractivity contribution in [3.63, 3.8) is 0 Å². The number of rotatable bonds is 6. The van der Waals surface area contributed by atoms with Gasteiger partial charge in [-0.2, -0.15) is 0 Å². The minimum absolute atomic E-state index is 1.06. The molecule has 0 saturated carbocycles. The second-order valence-corrected chi connectivity index (χ2v) is 3.11. The SMILES string of the molecule is C=C(C)CCN(C)CCNC. The Bertz CT molecular complexity index is 110. The molecule has 0 aliphatic carbocycles. The first-order chi connectivity index (χ1) is 5.16. The fourth-order valence-corrected chi connectivity index (χ4v) is 0.796. The van der Waals surface area contributed by atoms with E-state index in [4.69, 9.17) is 0 Å². The monoisotopic (exact) mass is 156 g/mol. The van der Waals surface area contributed by atoms with E-state index >= 15 is 0 Å². The largest absolute Gasteiger partial charge is 0.318 e. The summed E-state index contributed by atoms with van der Waals surface area (Å²) in [6.07, 6.45) is 1.11. The van der Waals surface area contributed by atoms with E-state index in [9.17, 15) is 0 Å². The third-order valence-electron chi connectivity index (χ3n) is 1.66. The van der Waals surface area contributed by atoms with Gasteiger partial charge >= 0.3 is 0 Å². The van der Waals surface area contributed by atoms with E-state index in [0.29, 0.717) is 0 Å². The summed E-state index contributed by atoms with van der Waals surface area (Å²) < 4.78 is 0. The maximum Gasteiger partial charge on any atom is 0.0104 e. The van der Waals surface area contributed by atoms with Crippen molar-refractivity contribution in [2.45, 2.75) is 13.3 Å². The molecular weight excluding hydrogens is 136 g/mol. The first-order valence-electron chi connectivity index (χ1n) is 4.14. The van der Waals surface area contributed by atoms with Crippen molar-refractivity contribution in [1.29, 1.82) is 0 Å². The lowest BCUT2D eigenvalue weighted by Gasteiger charge is -2.15. The van der Waals surface area contributed by atoms with E-state index < -0.39 is 0 Å². The van der Waals surface area contributed by atoms with Crippen LogP contribution in [0, 0.1) is 0 Å². The van der Waals surface area contributed by atoms with Crippen LogP contribution in [0.2, 0.25) is 0 Å². The molecule has 0 saturated heterocycles. The lowest BCUT2D eigenvalue weighted by Crippen LogP contribution is -2.28. The number of nitrogens with zero attached hydrogens (tertiary/aromatic N) is 1. The summed E-state index contributed by atoms with van der Waals surface area (Å²) >= 11 is 0. The first-order valence-corrected chi connectivity index (χ1v) is 4.14. The van der Waals surface area contributed by atoms with Crippen LogP contribution in [0.25, 0.3) is 0 Å². The normalized spacial score (nSPS) is 10.5. The van der Waals surface area contributed by atoms with Gasteiger partial charge in [0.15, 0.2) is 0 Å². The van der Waals surface area contributed by atoms with Gasteiger partial charge in [-0.05, 0) is 27.4 Å². The van der Waals surface area contributed by atoms with Gasteiger partial charge in [-0.15, -0.1) is 6.58 Å². The summed E-state index contributed by atoms with van der Waals surface area (Å²) in [7, 11) is 4.12. The van der Waals surface area contributed by atoms with E-state index in [1.54, 1.807) is 0 Å². The van der Waals surface area contributed by atoms with Crippen molar-refractivity contribution in [2.24, 2.45) is 0 Å². The third-order valence-corrected chi connectivity index (χ3v) is 1.66. The Morgan fingerprint density at radius 1 is 1.45 bits per heavy atom. The standard InChI is InChI=1S/C9H20N2/c1-9(2)5-7-11(4)8-6-10-3/h10H,1,5-8H2,2-4H3. The Labute approximate surface area is 70.3 Å². The van der Waals surface area contributed by atoms with Gasteiger partial charge in [0.2, 0.25) is 0 Å². The van der Waals surface area contributed by atoms with Gasteiger partial charge in [0, 0.05) is 19.6 Å². The minimum Gasteiger partial charge on any atom is -0.318 e. The Morgan fingerprint density at radius 2 is 2.09 bits per heavy atom. The van der Waals surface area contributed by atoms with Crippen LogP contribution in [0.1, 0.15) is 13.3 Å². The van der Waals surface area contributed by atoms with Crippen molar-refractivity contribution < 1.29 is 0 Å². The topological polar surface area (TPSA) is 15.3 Å². The predicted molar refractivity (Wildman–Crippen MR) is 50.9 cm³/mol. The zero-order chi connectivity index (χ0) is 8.69. The molecule has 0 amide bonds. The van der Waals surface area contributed by atoms with Gasteiger partial charge in [-0.1, -0.05) is 5.57 Å². The maximum atomic E-state index is 3.87. The lowest BCUT2D eigenvalue weighted by atomic mass is 10.2. The summed E-state index contributed by atoms with van der Waals surface area (Å²) in [4.78, 5) is 2.31. The summed E-state index contributed by atoms with van der Waals surface area (Å²) in [5, 5.41) is 3.12. The molecule has 0 aliphatic heterocycles. The van der Waals surface area contributed by atoms with Gasteiger partial charge in [-0.3, -0.25) is 0 Å². The highest BCUT2D eigenvalue weighted by Gasteiger charge is 1.95. The first kappa shape index (κ1) is 10.7. The van der Waals surface area contributed by atoms with Crippen molar-refractivity contribution >= 4 is 0 Å². The smallest absolute Gasteiger partial charge is 0.0104 e. The Kier molecular flexibility index (Phi) is 6.18. The van der Waals surface area contributed by atoms with Gasteiger partial charge < -0.3 is 10.2 Å². The highest BCUT2D eigenvalue weighted by atomic mass is 15.1. The second-order valence-electron chi connectivity index (χ2n) is 3.11. The van der Waals surface area contributed by atoms with Crippen LogP contribution in [-0.2, 0) is 0 Å². The van der Waals surface area contributed by atoms with Gasteiger partial charge in [0.05, 0.1) is 0 Å². The fourth-order valence-electron chi connectivity index (χ4n) is 0.796. The number of hydrogen-bond acceptors (Lipinski definition) is 2. The Balaban J connectivity index is 3.22. The molecule has 0 unspecified atom stereocenters. The van der Waals surface area contributed by atoms with Crippen LogP contribution in [0.3, 0.4) is 0 Å². The molecule has 11 heavy (non-hydrogen) atoms. The van der Waals surface area contributed by atoms with Gasteiger partial charge in [0.25, 0.3) is 0 Å². The fraction of sp³-hybridized carbons (Fsp3) is 0.778. The molecule has 0 aromatic carbocycles. The number of likely N-dealkylation sites (N-methyl/N-ethyl adjacent to an activating group) is 2. The van der Waals surface area contributed by atoms with Crippen molar-refractivity contribution in [1.82, 2.24) is 10.2 Å². The molecule has 0 aromatic rings. The molecular formula is C9H20N2. The molecule has 0 bridgehead atoms. The van der Waals surface area contributed by atoms with E-state index in [0.717, 1.165) is 26.1 Å². The van der Waals surface area contributed by atoms with Crippen LogP contribution in [0.4, 0.5) is 0 Å². The van der Waals surface area contributed by atoms with Crippen LogP contribution in [0.5, 0.6) is 0 Å². The maximum absolute atomic E-state index is 3.87. The molecule has 0 radical (unpaired) electrons. The second kappa shape index (κ2) is 6.38. The average Bonchev–Trinajstić information content (AvgIpc) is 1.97. The van der Waals surface area contributed by atoms with Crippen LogP contribution in [-0.4, -0.2) is 38.6 Å². The molecule has 66 valence electrons. The average molecular weight is 156 g/mol. The summed E-state index contributed by atoms with van der Waals surface area (Å²) in [6.45, 7) is 9.24. The molecule has 0 atom stereocenters. The zero-order valence-corrected chi connectivity index (χ0v) is 7.98. The molecule has 0 aliphatic rings. The van der Waals surface area contributed by atoms with E-state index in [1.165, 1.54) is 5.57 Å². The number of nitrogens with one attached hydrogen (secondary N) is 1. The molecule has 0 aromatic heterocycles. The zero-order valence-electron chi connectivity index (χ0n) is 7.98. The lowest BCUT2D eigenvalue weighted by molar-refractivity contribution is 0.339. The van der Waals surface area contributed by atoms with E-state index in [2.05, 4.69) is 30.8 Å². The molecule has 1 N–H and O–H groups in total. The molecule has 0 heterocycles. The van der Waals surface area contributed by atoms with Crippen molar-refractivity contribution in [2.75, 3.05) is 33.7 Å².